The van der Waals surface area contributed by atoms with E-state index in [1.807, 2.05) is 11.0 Å². The molecule has 5 heteroatoms. The van der Waals surface area contributed by atoms with E-state index in [2.05, 4.69) is 12.2 Å². The second kappa shape index (κ2) is 8.11. The van der Waals surface area contributed by atoms with Gasteiger partial charge in [-0.1, -0.05) is 6.07 Å². The Kier molecular flexibility index (Phi) is 6.42. The number of amides is 1. The van der Waals surface area contributed by atoms with Crippen LogP contribution in [0.25, 0.3) is 0 Å². The van der Waals surface area contributed by atoms with Gasteiger partial charge in [-0.25, -0.2) is 4.39 Å². The Balaban J connectivity index is 0.00000192. The summed E-state index contributed by atoms with van der Waals surface area (Å²) in [4.78, 5) is 14.6. The van der Waals surface area contributed by atoms with Crippen LogP contribution in [0.5, 0.6) is 0 Å². The largest absolute Gasteiger partial charge is 0.336 e. The summed E-state index contributed by atoms with van der Waals surface area (Å²) >= 11 is 0. The summed E-state index contributed by atoms with van der Waals surface area (Å²) in [7, 11) is 0. The number of hydrogen-bond acceptors (Lipinski definition) is 2. The standard InChI is InChI=1S/C18H25FN2O.ClH/c1-13-4-2-3-11-21(13)18(22)16-12-15(5-6-17(16)19)14-7-9-20-10-8-14;/h5-6,12-14,20H,2-4,7-11H2,1H3;1H. The highest BCUT2D eigenvalue weighted by Crippen LogP contribution is 2.28. The van der Waals surface area contributed by atoms with Gasteiger partial charge >= 0.3 is 0 Å². The van der Waals surface area contributed by atoms with E-state index in [0.29, 0.717) is 5.92 Å². The number of likely N-dealkylation sites (tertiary alicyclic amines) is 1. The summed E-state index contributed by atoms with van der Waals surface area (Å²) in [5.41, 5.74) is 1.36. The molecule has 1 N–H and O–H groups in total. The van der Waals surface area contributed by atoms with Gasteiger partial charge in [0.05, 0.1) is 5.56 Å². The SMILES string of the molecule is CC1CCCCN1C(=O)c1cc(C2CCNCC2)ccc1F.Cl. The van der Waals surface area contributed by atoms with Crippen molar-refractivity contribution in [2.45, 2.75) is 51.0 Å². The van der Waals surface area contributed by atoms with Gasteiger partial charge in [0, 0.05) is 12.6 Å². The van der Waals surface area contributed by atoms with Gasteiger partial charge in [-0.05, 0) is 75.7 Å². The van der Waals surface area contributed by atoms with Crippen LogP contribution in [-0.4, -0.2) is 36.5 Å². The third-order valence-corrected chi connectivity index (χ3v) is 5.10. The molecule has 2 saturated heterocycles. The molecule has 0 aromatic heterocycles. The molecule has 23 heavy (non-hydrogen) atoms. The van der Waals surface area contributed by atoms with Crippen molar-refractivity contribution in [2.75, 3.05) is 19.6 Å². The van der Waals surface area contributed by atoms with Crippen molar-refractivity contribution < 1.29 is 9.18 Å². The van der Waals surface area contributed by atoms with Crippen molar-refractivity contribution in [1.82, 2.24) is 10.2 Å². The zero-order valence-electron chi connectivity index (χ0n) is 13.7. The van der Waals surface area contributed by atoms with Crippen molar-refractivity contribution in [3.05, 3.63) is 35.1 Å². The van der Waals surface area contributed by atoms with Gasteiger partial charge in [0.25, 0.3) is 5.91 Å². The number of halogens is 2. The van der Waals surface area contributed by atoms with Crippen molar-refractivity contribution in [3.8, 4) is 0 Å². The highest BCUT2D eigenvalue weighted by Gasteiger charge is 2.27. The van der Waals surface area contributed by atoms with Crippen LogP contribution < -0.4 is 5.32 Å². The fourth-order valence-corrected chi connectivity index (χ4v) is 3.67. The number of rotatable bonds is 2. The average molecular weight is 341 g/mol. The topological polar surface area (TPSA) is 32.3 Å². The molecule has 1 atom stereocenters. The van der Waals surface area contributed by atoms with Crippen molar-refractivity contribution in [1.29, 1.82) is 0 Å². The lowest BCUT2D eigenvalue weighted by Crippen LogP contribution is -2.42. The van der Waals surface area contributed by atoms with Crippen molar-refractivity contribution in [2.24, 2.45) is 0 Å². The quantitative estimate of drug-likeness (QED) is 0.889. The molecule has 0 radical (unpaired) electrons. The summed E-state index contributed by atoms with van der Waals surface area (Å²) < 4.78 is 14.2. The number of nitrogens with zero attached hydrogens (tertiary/aromatic N) is 1. The molecule has 0 bridgehead atoms. The molecule has 1 aromatic carbocycles. The van der Waals surface area contributed by atoms with E-state index in [9.17, 15) is 9.18 Å². The van der Waals surface area contributed by atoms with E-state index in [4.69, 9.17) is 0 Å². The molecule has 1 aromatic rings. The van der Waals surface area contributed by atoms with Gasteiger partial charge in [0.2, 0.25) is 0 Å². The lowest BCUT2D eigenvalue weighted by molar-refractivity contribution is 0.0630. The van der Waals surface area contributed by atoms with Crippen LogP contribution >= 0.6 is 12.4 Å². The Morgan fingerprint density at radius 3 is 2.65 bits per heavy atom. The van der Waals surface area contributed by atoms with Crippen LogP contribution in [0, 0.1) is 5.82 Å². The van der Waals surface area contributed by atoms with Gasteiger partial charge in [-0.15, -0.1) is 12.4 Å². The molecule has 1 amide bonds. The minimum atomic E-state index is -0.388. The first-order valence-corrected chi connectivity index (χ1v) is 8.48. The van der Waals surface area contributed by atoms with Crippen LogP contribution in [0.4, 0.5) is 4.39 Å². The van der Waals surface area contributed by atoms with Gasteiger partial charge in [-0.2, -0.15) is 0 Å². The molecule has 0 spiro atoms. The molecule has 0 aliphatic carbocycles. The maximum absolute atomic E-state index is 14.2. The second-order valence-corrected chi connectivity index (χ2v) is 6.61. The lowest BCUT2D eigenvalue weighted by Gasteiger charge is -2.33. The monoisotopic (exact) mass is 340 g/mol. The van der Waals surface area contributed by atoms with E-state index in [0.717, 1.165) is 57.3 Å². The first kappa shape index (κ1) is 18.2. The van der Waals surface area contributed by atoms with Crippen LogP contribution in [0.1, 0.15) is 60.9 Å². The minimum Gasteiger partial charge on any atom is -0.336 e. The Labute approximate surface area is 144 Å². The molecule has 1 unspecified atom stereocenters. The van der Waals surface area contributed by atoms with E-state index in [1.54, 1.807) is 6.07 Å². The highest BCUT2D eigenvalue weighted by molar-refractivity contribution is 5.95. The molecule has 2 aliphatic rings. The van der Waals surface area contributed by atoms with Crippen molar-refractivity contribution >= 4 is 18.3 Å². The second-order valence-electron chi connectivity index (χ2n) is 6.61. The molecule has 128 valence electrons. The fourth-order valence-electron chi connectivity index (χ4n) is 3.67. The van der Waals surface area contributed by atoms with Gasteiger partial charge < -0.3 is 10.2 Å². The van der Waals surface area contributed by atoms with E-state index in [-0.39, 0.29) is 35.7 Å². The third kappa shape index (κ3) is 4.04. The molecular weight excluding hydrogens is 315 g/mol. The number of piperidine rings is 2. The van der Waals surface area contributed by atoms with E-state index >= 15 is 0 Å². The molecule has 2 heterocycles. The highest BCUT2D eigenvalue weighted by atomic mass is 35.5. The third-order valence-electron chi connectivity index (χ3n) is 5.10. The first-order chi connectivity index (χ1) is 10.7. The number of hydrogen-bond donors (Lipinski definition) is 1. The van der Waals surface area contributed by atoms with E-state index < -0.39 is 0 Å². The van der Waals surface area contributed by atoms with Gasteiger partial charge in [-0.3, -0.25) is 4.79 Å². The maximum Gasteiger partial charge on any atom is 0.257 e. The molecule has 3 rings (SSSR count). The summed E-state index contributed by atoms with van der Waals surface area (Å²) in [5.74, 6) is -0.0897. The summed E-state index contributed by atoms with van der Waals surface area (Å²) in [6.07, 6.45) is 5.30. The smallest absolute Gasteiger partial charge is 0.257 e. The van der Waals surface area contributed by atoms with Crippen LogP contribution in [-0.2, 0) is 0 Å². The van der Waals surface area contributed by atoms with Crippen LogP contribution in [0.15, 0.2) is 18.2 Å². The van der Waals surface area contributed by atoms with Gasteiger partial charge in [0.15, 0.2) is 0 Å². The molecule has 0 saturated carbocycles. The first-order valence-electron chi connectivity index (χ1n) is 8.48. The van der Waals surface area contributed by atoms with E-state index in [1.165, 1.54) is 6.07 Å². The predicted molar refractivity (Wildman–Crippen MR) is 92.8 cm³/mol. The predicted octanol–water partition coefficient (Wildman–Crippen LogP) is 3.73. The van der Waals surface area contributed by atoms with Crippen LogP contribution in [0.3, 0.4) is 0 Å². The van der Waals surface area contributed by atoms with Crippen LogP contribution in [0.2, 0.25) is 0 Å². The Bertz CT molecular complexity index is 546. The van der Waals surface area contributed by atoms with Gasteiger partial charge in [0.1, 0.15) is 5.82 Å². The Hall–Kier alpha value is -1.13. The Morgan fingerprint density at radius 1 is 1.22 bits per heavy atom. The number of benzene rings is 1. The summed E-state index contributed by atoms with van der Waals surface area (Å²) in [5, 5.41) is 3.34. The summed E-state index contributed by atoms with van der Waals surface area (Å²) in [6.45, 7) is 4.80. The maximum atomic E-state index is 14.2. The number of nitrogens with one attached hydrogen (secondary N) is 1. The average Bonchev–Trinajstić information content (AvgIpc) is 2.56. The zero-order chi connectivity index (χ0) is 15.5. The molecular formula is C18H26ClFN2O. The number of carbonyl (C=O) groups is 1. The molecule has 3 nitrogen and oxygen atoms in total. The lowest BCUT2D eigenvalue weighted by atomic mass is 9.89. The summed E-state index contributed by atoms with van der Waals surface area (Å²) in [6, 6.07) is 5.33. The fraction of sp³-hybridized carbons (Fsp3) is 0.611. The molecule has 2 fully saturated rings. The minimum absolute atomic E-state index is 0. The van der Waals surface area contributed by atoms with Crippen molar-refractivity contribution in [3.63, 3.8) is 0 Å². The molecule has 2 aliphatic heterocycles. The zero-order valence-corrected chi connectivity index (χ0v) is 14.5. The normalized spacial score (nSPS) is 22.5. The number of carbonyl (C=O) groups excluding carboxylic acids is 1. The Morgan fingerprint density at radius 2 is 1.96 bits per heavy atom.